The second-order valence-electron chi connectivity index (χ2n) is 5.75. The van der Waals surface area contributed by atoms with Crippen LogP contribution in [0, 0.1) is 0 Å². The van der Waals surface area contributed by atoms with Gasteiger partial charge in [0, 0.05) is 30.7 Å². The quantitative estimate of drug-likeness (QED) is 0.714. The van der Waals surface area contributed by atoms with E-state index in [0.29, 0.717) is 37.0 Å². The Morgan fingerprint density at radius 3 is 3.00 bits per heavy atom. The van der Waals surface area contributed by atoms with E-state index in [0.717, 1.165) is 0 Å². The summed E-state index contributed by atoms with van der Waals surface area (Å²) in [4.78, 5) is 28.5. The number of hydrogen-bond acceptors (Lipinski definition) is 7. The summed E-state index contributed by atoms with van der Waals surface area (Å²) in [5.74, 6) is 0.631. The molecule has 0 radical (unpaired) electrons. The van der Waals surface area contributed by atoms with Crippen LogP contribution in [0.25, 0.3) is 11.4 Å². The lowest BCUT2D eigenvalue weighted by Crippen LogP contribution is -2.41. The minimum Gasteiger partial charge on any atom is -0.369 e. The summed E-state index contributed by atoms with van der Waals surface area (Å²) in [6.07, 6.45) is 3.09. The van der Waals surface area contributed by atoms with Crippen LogP contribution in [0.4, 0.5) is 5.95 Å². The summed E-state index contributed by atoms with van der Waals surface area (Å²) in [6.45, 7) is 1.94. The topological polar surface area (TPSA) is 73.1 Å². The lowest BCUT2D eigenvalue weighted by Gasteiger charge is -2.34. The second-order valence-corrected chi connectivity index (χ2v) is 6.73. The molecule has 128 valence electrons. The molecule has 3 aromatic rings. The highest BCUT2D eigenvalue weighted by Gasteiger charge is 2.25. The zero-order valence-electron chi connectivity index (χ0n) is 13.7. The molecule has 0 aliphatic carbocycles. The highest BCUT2D eigenvalue weighted by atomic mass is 32.1. The maximum absolute atomic E-state index is 12.4. The van der Waals surface area contributed by atoms with Crippen LogP contribution in [-0.2, 0) is 11.8 Å². The smallest absolute Gasteiger partial charge is 0.255 e. The summed E-state index contributed by atoms with van der Waals surface area (Å²) in [6, 6.07) is 7.34. The Hall–Kier alpha value is -2.58. The van der Waals surface area contributed by atoms with Gasteiger partial charge in [0.2, 0.25) is 5.95 Å². The van der Waals surface area contributed by atoms with Crippen molar-refractivity contribution in [1.29, 1.82) is 0 Å². The molecule has 1 aliphatic heterocycles. The Morgan fingerprint density at radius 2 is 2.24 bits per heavy atom. The van der Waals surface area contributed by atoms with Crippen LogP contribution in [0.3, 0.4) is 0 Å². The molecule has 0 bridgehead atoms. The van der Waals surface area contributed by atoms with Gasteiger partial charge in [-0.05, 0) is 17.5 Å². The van der Waals surface area contributed by atoms with Gasteiger partial charge in [-0.3, -0.25) is 9.36 Å². The van der Waals surface area contributed by atoms with Crippen molar-refractivity contribution in [1.82, 2.24) is 19.5 Å². The number of ether oxygens (including phenoxy) is 1. The van der Waals surface area contributed by atoms with Gasteiger partial charge in [-0.15, -0.1) is 11.3 Å². The third-order valence-electron chi connectivity index (χ3n) is 4.17. The molecule has 0 N–H and O–H groups in total. The number of hydrogen-bond donors (Lipinski definition) is 0. The highest BCUT2D eigenvalue weighted by molar-refractivity contribution is 7.10. The van der Waals surface area contributed by atoms with Crippen molar-refractivity contribution >= 4 is 17.3 Å². The lowest BCUT2D eigenvalue weighted by molar-refractivity contribution is 0.0413. The van der Waals surface area contributed by atoms with Crippen LogP contribution in [0.2, 0.25) is 0 Å². The fourth-order valence-corrected chi connectivity index (χ4v) is 3.63. The Bertz CT molecular complexity index is 911. The number of thiophene rings is 1. The molecule has 7 nitrogen and oxygen atoms in total. The molecule has 0 spiro atoms. The normalized spacial score (nSPS) is 17.6. The predicted octanol–water partition coefficient (Wildman–Crippen LogP) is 1.88. The van der Waals surface area contributed by atoms with E-state index in [4.69, 9.17) is 4.74 Å². The van der Waals surface area contributed by atoms with E-state index in [9.17, 15) is 4.79 Å². The third kappa shape index (κ3) is 3.18. The molecule has 1 saturated heterocycles. The molecule has 25 heavy (non-hydrogen) atoms. The number of nitrogens with zero attached hydrogens (tertiary/aromatic N) is 5. The van der Waals surface area contributed by atoms with Crippen molar-refractivity contribution in [2.45, 2.75) is 6.10 Å². The van der Waals surface area contributed by atoms with Gasteiger partial charge in [0.1, 0.15) is 12.4 Å². The summed E-state index contributed by atoms with van der Waals surface area (Å²) >= 11 is 1.68. The Balaban J connectivity index is 1.69. The molecule has 4 heterocycles. The predicted molar refractivity (Wildman–Crippen MR) is 95.7 cm³/mol. The third-order valence-corrected chi connectivity index (χ3v) is 5.13. The molecule has 1 unspecified atom stereocenters. The number of rotatable bonds is 3. The van der Waals surface area contributed by atoms with Crippen LogP contribution in [0.15, 0.2) is 47.0 Å². The molecule has 8 heteroatoms. The largest absolute Gasteiger partial charge is 0.369 e. The van der Waals surface area contributed by atoms with Gasteiger partial charge in [-0.1, -0.05) is 6.07 Å². The first-order chi connectivity index (χ1) is 12.2. The van der Waals surface area contributed by atoms with Gasteiger partial charge < -0.3 is 9.64 Å². The van der Waals surface area contributed by atoms with E-state index >= 15 is 0 Å². The molecule has 3 aromatic heterocycles. The van der Waals surface area contributed by atoms with Crippen molar-refractivity contribution in [3.05, 3.63) is 57.4 Å². The lowest BCUT2D eigenvalue weighted by atomic mass is 10.2. The van der Waals surface area contributed by atoms with Gasteiger partial charge in [0.25, 0.3) is 5.56 Å². The molecule has 0 amide bonds. The van der Waals surface area contributed by atoms with E-state index in [2.05, 4.69) is 25.9 Å². The fourth-order valence-electron chi connectivity index (χ4n) is 2.86. The second kappa shape index (κ2) is 6.73. The first-order valence-electron chi connectivity index (χ1n) is 7.97. The average Bonchev–Trinajstić information content (AvgIpc) is 3.19. The van der Waals surface area contributed by atoms with Crippen molar-refractivity contribution in [2.24, 2.45) is 7.05 Å². The average molecular weight is 355 g/mol. The zero-order valence-corrected chi connectivity index (χ0v) is 14.5. The van der Waals surface area contributed by atoms with E-state index in [1.807, 2.05) is 11.4 Å². The van der Waals surface area contributed by atoms with E-state index < -0.39 is 0 Å². The summed E-state index contributed by atoms with van der Waals surface area (Å²) in [7, 11) is 1.74. The SMILES string of the molecule is Cn1c(N2CCOC(c3cccs3)C2)nc(-c2ccncn2)cc1=O. The number of morpholine rings is 1. The standard InChI is InChI=1S/C17H17N5O2S/c1-21-16(23)9-13(12-4-5-18-11-19-12)20-17(21)22-6-7-24-14(10-22)15-3-2-8-25-15/h2-5,8-9,11,14H,6-7,10H2,1H3. The van der Waals surface area contributed by atoms with E-state index in [1.54, 1.807) is 35.2 Å². The Morgan fingerprint density at radius 1 is 1.32 bits per heavy atom. The van der Waals surface area contributed by atoms with Crippen LogP contribution >= 0.6 is 11.3 Å². The van der Waals surface area contributed by atoms with E-state index in [1.165, 1.54) is 17.3 Å². The van der Waals surface area contributed by atoms with Gasteiger partial charge >= 0.3 is 0 Å². The maximum atomic E-state index is 12.4. The Labute approximate surface area is 148 Å². The van der Waals surface area contributed by atoms with Crippen molar-refractivity contribution in [3.63, 3.8) is 0 Å². The van der Waals surface area contributed by atoms with Crippen LogP contribution in [0.1, 0.15) is 11.0 Å². The Kier molecular flexibility index (Phi) is 4.29. The van der Waals surface area contributed by atoms with E-state index in [-0.39, 0.29) is 11.7 Å². The first kappa shape index (κ1) is 15.9. The number of anilines is 1. The van der Waals surface area contributed by atoms with Crippen LogP contribution in [-0.4, -0.2) is 39.2 Å². The van der Waals surface area contributed by atoms with Crippen molar-refractivity contribution in [2.75, 3.05) is 24.6 Å². The molecular weight excluding hydrogens is 338 g/mol. The van der Waals surface area contributed by atoms with Gasteiger partial charge in [-0.2, -0.15) is 0 Å². The summed E-state index contributed by atoms with van der Waals surface area (Å²) < 4.78 is 7.46. The number of aromatic nitrogens is 4. The highest BCUT2D eigenvalue weighted by Crippen LogP contribution is 2.28. The van der Waals surface area contributed by atoms with Crippen LogP contribution < -0.4 is 10.5 Å². The fraction of sp³-hybridized carbons (Fsp3) is 0.294. The molecule has 1 fully saturated rings. The minimum atomic E-state index is -0.113. The summed E-state index contributed by atoms with van der Waals surface area (Å²) in [5, 5.41) is 2.04. The monoisotopic (exact) mass is 355 g/mol. The van der Waals surface area contributed by atoms with Crippen molar-refractivity contribution in [3.8, 4) is 11.4 Å². The van der Waals surface area contributed by atoms with Crippen molar-refractivity contribution < 1.29 is 4.74 Å². The summed E-state index contributed by atoms with van der Waals surface area (Å²) in [5.41, 5.74) is 1.08. The molecule has 1 aliphatic rings. The molecule has 4 rings (SSSR count). The van der Waals surface area contributed by atoms with Gasteiger partial charge in [0.05, 0.1) is 24.5 Å². The molecule has 0 aromatic carbocycles. The first-order valence-corrected chi connectivity index (χ1v) is 8.85. The minimum absolute atomic E-state index is 0.00615. The molecule has 0 saturated carbocycles. The van der Waals surface area contributed by atoms with Crippen LogP contribution in [0.5, 0.6) is 0 Å². The molecular formula is C17H17N5O2S. The molecule has 1 atom stereocenters. The van der Waals surface area contributed by atoms with Gasteiger partial charge in [0.15, 0.2) is 0 Å². The van der Waals surface area contributed by atoms with Gasteiger partial charge in [-0.25, -0.2) is 15.0 Å². The maximum Gasteiger partial charge on any atom is 0.255 e. The zero-order chi connectivity index (χ0) is 17.2.